The lowest BCUT2D eigenvalue weighted by Gasteiger charge is -2.34. The number of hydrogen-bond donors (Lipinski definition) is 0. The van der Waals surface area contributed by atoms with Crippen LogP contribution in [0.5, 0.6) is 11.5 Å². The Bertz CT molecular complexity index is 718. The van der Waals surface area contributed by atoms with Gasteiger partial charge in [-0.15, -0.1) is 0 Å². The summed E-state index contributed by atoms with van der Waals surface area (Å²) in [5.74, 6) is -0.214. The van der Waals surface area contributed by atoms with Gasteiger partial charge in [0, 0.05) is 8.95 Å². The van der Waals surface area contributed by atoms with Gasteiger partial charge >= 0.3 is 21.7 Å². The van der Waals surface area contributed by atoms with Gasteiger partial charge in [0.2, 0.25) is 0 Å². The third-order valence-electron chi connectivity index (χ3n) is 2.16. The van der Waals surface area contributed by atoms with Crippen LogP contribution >= 0.6 is 42.3 Å². The zero-order chi connectivity index (χ0) is 18.1. The fraction of sp³-hybridized carbons (Fsp3) is 0. The largest absolute Gasteiger partial charge is 0.392 e. The Morgan fingerprint density at radius 1 is 0.708 bits per heavy atom. The molecule has 0 atom stereocenters. The highest BCUT2D eigenvalue weighted by Crippen LogP contribution is 2.99. The van der Waals surface area contributed by atoms with Crippen molar-refractivity contribution in [3.63, 3.8) is 0 Å². The van der Waals surface area contributed by atoms with Crippen LogP contribution in [0, 0.1) is 0 Å². The maximum atomic E-state index is 12.7. The molecular formula is C12H8Br2F5NO2S2. The third-order valence-corrected chi connectivity index (χ3v) is 5.51. The lowest BCUT2D eigenvalue weighted by Crippen LogP contribution is -2.13. The fourth-order valence-corrected chi connectivity index (χ4v) is 3.59. The number of benzene rings is 2. The zero-order valence-corrected chi connectivity index (χ0v) is 16.1. The first-order valence-electron chi connectivity index (χ1n) is 5.90. The summed E-state index contributed by atoms with van der Waals surface area (Å²) in [6, 6.07) is 11.0. The minimum absolute atomic E-state index is 0.107. The van der Waals surface area contributed by atoms with Crippen LogP contribution in [-0.4, -0.2) is 0 Å². The summed E-state index contributed by atoms with van der Waals surface area (Å²) in [5.41, 5.74) is 0. The van der Waals surface area contributed by atoms with E-state index in [9.17, 15) is 19.4 Å². The van der Waals surface area contributed by atoms with Crippen molar-refractivity contribution in [2.75, 3.05) is 0 Å². The second-order valence-electron chi connectivity index (χ2n) is 4.29. The molecule has 0 unspecified atom stereocenters. The van der Waals surface area contributed by atoms with E-state index in [1.165, 1.54) is 48.5 Å². The zero-order valence-electron chi connectivity index (χ0n) is 11.3. The molecule has 2 aromatic carbocycles. The normalized spacial score (nSPS) is 14.7. The summed E-state index contributed by atoms with van der Waals surface area (Å²) >= 11 is 3.35. The Balaban J connectivity index is 2.36. The highest BCUT2D eigenvalue weighted by Gasteiger charge is 2.65. The molecule has 3 nitrogen and oxygen atoms in total. The van der Waals surface area contributed by atoms with Gasteiger partial charge in [0.15, 0.2) is 0 Å². The molecule has 0 N–H and O–H groups in total. The number of hydrogen-bond acceptors (Lipinski definition) is 3. The number of halogens is 7. The maximum Gasteiger partial charge on any atom is 0.392 e. The highest BCUT2D eigenvalue weighted by molar-refractivity contribution is 9.10. The highest BCUT2D eigenvalue weighted by atomic mass is 79.9. The van der Waals surface area contributed by atoms with Crippen LogP contribution in [0.15, 0.2) is 61.2 Å². The van der Waals surface area contributed by atoms with Gasteiger partial charge in [0.25, 0.3) is 0 Å². The minimum Gasteiger partial charge on any atom is -0.386 e. The van der Waals surface area contributed by atoms with Gasteiger partial charge in [-0.25, -0.2) is 0 Å². The Labute approximate surface area is 153 Å². The minimum atomic E-state index is -10.1. The predicted octanol–water partition coefficient (Wildman–Crippen LogP) is 7.51. The van der Waals surface area contributed by atoms with E-state index in [0.717, 1.165) is 0 Å². The van der Waals surface area contributed by atoms with Crippen LogP contribution in [0.1, 0.15) is 0 Å². The van der Waals surface area contributed by atoms with E-state index in [1.54, 1.807) is 3.77 Å². The Morgan fingerprint density at radius 2 is 1.04 bits per heavy atom. The Kier molecular flexibility index (Phi) is 4.99. The molecule has 0 aliphatic carbocycles. The first-order valence-corrected chi connectivity index (χ1v) is 10.4. The molecule has 0 aromatic heterocycles. The SMILES string of the molecule is FS(F)(F)(F)(F)N=S(Oc1ccc(Br)cc1)Oc1ccc(Br)cc1. The van der Waals surface area contributed by atoms with E-state index in [-0.39, 0.29) is 11.5 Å². The van der Waals surface area contributed by atoms with Crippen LogP contribution < -0.4 is 8.37 Å². The Hall–Kier alpha value is -0.850. The van der Waals surface area contributed by atoms with E-state index < -0.39 is 21.7 Å². The summed E-state index contributed by atoms with van der Waals surface area (Å²) < 4.78 is 75.9. The summed E-state index contributed by atoms with van der Waals surface area (Å²) in [6.07, 6.45) is 0. The average Bonchev–Trinajstić information content (AvgIpc) is 2.40. The molecule has 134 valence electrons. The van der Waals surface area contributed by atoms with Crippen LogP contribution in [0.4, 0.5) is 19.4 Å². The first-order chi connectivity index (χ1) is 10.8. The van der Waals surface area contributed by atoms with Gasteiger partial charge in [-0.1, -0.05) is 51.3 Å². The van der Waals surface area contributed by atoms with Gasteiger partial charge < -0.3 is 8.37 Å². The monoisotopic (exact) mass is 515 g/mol. The molecule has 0 spiro atoms. The number of nitrogens with zero attached hydrogens (tertiary/aromatic N) is 1. The van der Waals surface area contributed by atoms with E-state index in [1.807, 2.05) is 0 Å². The van der Waals surface area contributed by atoms with Crippen molar-refractivity contribution in [1.29, 1.82) is 0 Å². The van der Waals surface area contributed by atoms with Gasteiger partial charge in [-0.05, 0) is 52.3 Å². The van der Waals surface area contributed by atoms with Crippen LogP contribution in [0.2, 0.25) is 0 Å². The molecule has 0 radical (unpaired) electrons. The van der Waals surface area contributed by atoms with Crippen molar-refractivity contribution in [3.8, 4) is 11.5 Å². The number of rotatable bonds is 5. The van der Waals surface area contributed by atoms with Crippen molar-refractivity contribution < 1.29 is 27.8 Å². The van der Waals surface area contributed by atoms with Crippen molar-refractivity contribution in [3.05, 3.63) is 57.5 Å². The van der Waals surface area contributed by atoms with Gasteiger partial charge in [0.05, 0.1) is 0 Å². The smallest absolute Gasteiger partial charge is 0.386 e. The summed E-state index contributed by atoms with van der Waals surface area (Å²) in [4.78, 5) is 0. The molecule has 0 bridgehead atoms. The molecular weight excluding hydrogens is 509 g/mol. The van der Waals surface area contributed by atoms with Gasteiger partial charge in [-0.2, -0.15) is 0 Å². The van der Waals surface area contributed by atoms with E-state index in [4.69, 9.17) is 8.37 Å². The lowest BCUT2D eigenvalue weighted by atomic mass is 10.3. The van der Waals surface area contributed by atoms with Crippen LogP contribution in [0.3, 0.4) is 0 Å². The molecule has 2 aromatic rings. The molecule has 0 aliphatic rings. The molecule has 0 aliphatic heterocycles. The quantitative estimate of drug-likeness (QED) is 0.385. The molecule has 0 fully saturated rings. The van der Waals surface area contributed by atoms with Gasteiger partial charge in [0.1, 0.15) is 11.5 Å². The molecule has 12 heteroatoms. The van der Waals surface area contributed by atoms with E-state index in [0.29, 0.717) is 8.95 Å². The van der Waals surface area contributed by atoms with E-state index in [2.05, 4.69) is 31.9 Å². The Morgan fingerprint density at radius 3 is 1.33 bits per heavy atom. The van der Waals surface area contributed by atoms with Crippen molar-refractivity contribution >= 4 is 53.5 Å². The second-order valence-corrected chi connectivity index (χ2v) is 9.35. The molecule has 0 amide bonds. The van der Waals surface area contributed by atoms with Crippen molar-refractivity contribution in [2.24, 2.45) is 3.77 Å². The van der Waals surface area contributed by atoms with Gasteiger partial charge in [-0.3, -0.25) is 0 Å². The van der Waals surface area contributed by atoms with Crippen LogP contribution in [0.25, 0.3) is 0 Å². The summed E-state index contributed by atoms with van der Waals surface area (Å²) in [5, 5.41) is 0. The molecule has 0 saturated carbocycles. The summed E-state index contributed by atoms with van der Waals surface area (Å²) in [6.45, 7) is 0. The fourth-order valence-electron chi connectivity index (χ4n) is 1.31. The molecule has 0 heterocycles. The summed E-state index contributed by atoms with van der Waals surface area (Å²) in [7, 11) is -10.1. The topological polar surface area (TPSA) is 30.8 Å². The predicted molar refractivity (Wildman–Crippen MR) is 92.5 cm³/mol. The standard InChI is InChI=1S/C12H8Br2F5NO2S2/c13-9-1-5-11(6-2-9)21-23(20-24(15,16,17,18)19)22-12-7-3-10(14)4-8-12/h1-8H. The average molecular weight is 517 g/mol. The first kappa shape index (κ1) is 19.5. The maximum absolute atomic E-state index is 12.7. The second kappa shape index (κ2) is 6.15. The lowest BCUT2D eigenvalue weighted by molar-refractivity contribution is 0.366. The third kappa shape index (κ3) is 7.36. The van der Waals surface area contributed by atoms with Crippen LogP contribution in [-0.2, 0) is 11.3 Å². The van der Waals surface area contributed by atoms with Crippen molar-refractivity contribution in [2.45, 2.75) is 0 Å². The molecule has 24 heavy (non-hydrogen) atoms. The molecule has 0 saturated heterocycles. The molecule has 2 rings (SSSR count). The van der Waals surface area contributed by atoms with Crippen molar-refractivity contribution in [1.82, 2.24) is 0 Å². The van der Waals surface area contributed by atoms with E-state index >= 15 is 0 Å².